The number of hydrogen-bond acceptors (Lipinski definition) is 4. The van der Waals surface area contributed by atoms with Crippen molar-refractivity contribution in [2.45, 2.75) is 6.04 Å². The lowest BCUT2D eigenvalue weighted by Crippen LogP contribution is -2.45. The minimum absolute atomic E-state index is 0. The van der Waals surface area contributed by atoms with Crippen molar-refractivity contribution in [3.05, 3.63) is 52.2 Å². The highest BCUT2D eigenvalue weighted by atomic mass is 35.5. The summed E-state index contributed by atoms with van der Waals surface area (Å²) in [5.41, 5.74) is 1.25. The maximum absolute atomic E-state index is 9.46. The zero-order chi connectivity index (χ0) is 13.1. The van der Waals surface area contributed by atoms with Crippen LogP contribution in [-0.4, -0.2) is 36.2 Å². The molecule has 0 unspecified atom stereocenters. The lowest BCUT2D eigenvalue weighted by Gasteiger charge is -2.34. The van der Waals surface area contributed by atoms with Crippen molar-refractivity contribution in [1.82, 2.24) is 10.2 Å². The topological polar surface area (TPSA) is 35.5 Å². The fourth-order valence-electron chi connectivity index (χ4n) is 2.60. The van der Waals surface area contributed by atoms with Gasteiger partial charge in [0.05, 0.1) is 6.04 Å². The summed E-state index contributed by atoms with van der Waals surface area (Å²) in [4.78, 5) is 3.88. The second-order valence-electron chi connectivity index (χ2n) is 4.80. The van der Waals surface area contributed by atoms with Crippen molar-refractivity contribution < 1.29 is 5.11 Å². The lowest BCUT2D eigenvalue weighted by molar-refractivity contribution is 0.200. The van der Waals surface area contributed by atoms with Gasteiger partial charge in [0, 0.05) is 31.1 Å². The van der Waals surface area contributed by atoms with Crippen LogP contribution in [0.1, 0.15) is 16.5 Å². The number of phenols is 1. The fourth-order valence-corrected chi connectivity index (χ4v) is 3.48. The molecule has 3 rings (SSSR count). The van der Waals surface area contributed by atoms with Gasteiger partial charge in [-0.15, -0.1) is 36.2 Å². The van der Waals surface area contributed by atoms with Crippen LogP contribution in [0.15, 0.2) is 41.8 Å². The summed E-state index contributed by atoms with van der Waals surface area (Å²) < 4.78 is 0. The Morgan fingerprint density at radius 1 is 1.05 bits per heavy atom. The quantitative estimate of drug-likeness (QED) is 0.894. The van der Waals surface area contributed by atoms with Gasteiger partial charge < -0.3 is 10.4 Å². The van der Waals surface area contributed by atoms with E-state index in [1.165, 1.54) is 10.4 Å². The summed E-state index contributed by atoms with van der Waals surface area (Å²) in [7, 11) is 0. The van der Waals surface area contributed by atoms with Gasteiger partial charge in [-0.25, -0.2) is 0 Å². The molecule has 2 aromatic rings. The highest BCUT2D eigenvalue weighted by Gasteiger charge is 2.24. The molecular weight excluding hydrogens is 327 g/mol. The van der Waals surface area contributed by atoms with Gasteiger partial charge in [0.15, 0.2) is 0 Å². The first-order valence-electron chi connectivity index (χ1n) is 6.62. The van der Waals surface area contributed by atoms with Crippen molar-refractivity contribution in [3.63, 3.8) is 0 Å². The largest absolute Gasteiger partial charge is 0.508 e. The molecule has 3 nitrogen and oxygen atoms in total. The third-order valence-corrected chi connectivity index (χ3v) is 4.46. The highest BCUT2D eigenvalue weighted by molar-refractivity contribution is 7.10. The van der Waals surface area contributed by atoms with Crippen LogP contribution in [0.25, 0.3) is 0 Å². The Morgan fingerprint density at radius 3 is 2.29 bits per heavy atom. The van der Waals surface area contributed by atoms with Crippen molar-refractivity contribution in [2.75, 3.05) is 26.2 Å². The van der Waals surface area contributed by atoms with E-state index in [1.54, 1.807) is 23.5 Å². The maximum atomic E-state index is 9.46. The summed E-state index contributed by atoms with van der Waals surface area (Å²) in [5, 5.41) is 15.0. The van der Waals surface area contributed by atoms with E-state index in [0.29, 0.717) is 11.8 Å². The molecule has 6 heteroatoms. The van der Waals surface area contributed by atoms with Crippen LogP contribution in [0.2, 0.25) is 0 Å². The van der Waals surface area contributed by atoms with E-state index in [2.05, 4.69) is 27.7 Å². The van der Waals surface area contributed by atoms with Gasteiger partial charge in [-0.05, 0) is 29.1 Å². The molecule has 116 valence electrons. The number of nitrogens with zero attached hydrogens (tertiary/aromatic N) is 1. The molecule has 2 heterocycles. The standard InChI is InChI=1S/C15H18N2OS.2ClH/c18-13-5-3-12(4-6-13)15(14-2-1-11-19-14)17-9-7-16-8-10-17;;/h1-6,11,15-16,18H,7-10H2;2*1H/t15-;;/m1../s1. The van der Waals surface area contributed by atoms with E-state index in [9.17, 15) is 5.11 Å². The molecule has 0 aliphatic carbocycles. The molecule has 0 amide bonds. The Bertz CT molecular complexity index is 513. The van der Waals surface area contributed by atoms with Crippen LogP contribution in [0.5, 0.6) is 5.75 Å². The second-order valence-corrected chi connectivity index (χ2v) is 5.77. The highest BCUT2D eigenvalue weighted by Crippen LogP contribution is 2.32. The molecule has 1 fully saturated rings. The van der Waals surface area contributed by atoms with Gasteiger partial charge in [-0.1, -0.05) is 18.2 Å². The Labute approximate surface area is 141 Å². The van der Waals surface area contributed by atoms with Gasteiger partial charge in [-0.3, -0.25) is 4.90 Å². The fraction of sp³-hybridized carbons (Fsp3) is 0.333. The molecule has 1 aromatic carbocycles. The molecule has 2 N–H and O–H groups in total. The summed E-state index contributed by atoms with van der Waals surface area (Å²) in [6.07, 6.45) is 0. The molecule has 1 aliphatic heterocycles. The van der Waals surface area contributed by atoms with E-state index in [0.717, 1.165) is 26.2 Å². The number of benzene rings is 1. The molecule has 21 heavy (non-hydrogen) atoms. The van der Waals surface area contributed by atoms with E-state index in [4.69, 9.17) is 0 Å². The number of piperazine rings is 1. The van der Waals surface area contributed by atoms with Gasteiger partial charge in [0.25, 0.3) is 0 Å². The molecular formula is C15H20Cl2N2OS. The summed E-state index contributed by atoms with van der Waals surface area (Å²) >= 11 is 1.80. The van der Waals surface area contributed by atoms with E-state index in [1.807, 2.05) is 12.1 Å². The molecule has 0 radical (unpaired) electrons. The zero-order valence-corrected chi connectivity index (χ0v) is 14.0. The van der Waals surface area contributed by atoms with Crippen LogP contribution in [0.3, 0.4) is 0 Å². The van der Waals surface area contributed by atoms with Gasteiger partial charge >= 0.3 is 0 Å². The van der Waals surface area contributed by atoms with E-state index < -0.39 is 0 Å². The number of phenolic OH excluding ortho intramolecular Hbond substituents is 1. The summed E-state index contributed by atoms with van der Waals surface area (Å²) in [6, 6.07) is 12.2. The Balaban J connectivity index is 0.00000110. The maximum Gasteiger partial charge on any atom is 0.115 e. The monoisotopic (exact) mass is 346 g/mol. The summed E-state index contributed by atoms with van der Waals surface area (Å²) in [5.74, 6) is 0.328. The summed E-state index contributed by atoms with van der Waals surface area (Å²) in [6.45, 7) is 4.20. The molecule has 1 atom stereocenters. The minimum Gasteiger partial charge on any atom is -0.508 e. The first-order chi connectivity index (χ1) is 9.34. The van der Waals surface area contributed by atoms with Gasteiger partial charge in [0.2, 0.25) is 0 Å². The normalized spacial score (nSPS) is 16.6. The number of nitrogens with one attached hydrogen (secondary N) is 1. The van der Waals surface area contributed by atoms with Crippen molar-refractivity contribution in [3.8, 4) is 5.75 Å². The molecule has 0 bridgehead atoms. The second kappa shape index (κ2) is 8.61. The first kappa shape index (κ1) is 18.3. The molecule has 1 aromatic heterocycles. The average Bonchev–Trinajstić information content (AvgIpc) is 2.96. The van der Waals surface area contributed by atoms with Crippen LogP contribution >= 0.6 is 36.2 Å². The van der Waals surface area contributed by atoms with E-state index >= 15 is 0 Å². The van der Waals surface area contributed by atoms with Crippen molar-refractivity contribution >= 4 is 36.2 Å². The van der Waals surface area contributed by atoms with Crippen LogP contribution in [0, 0.1) is 0 Å². The molecule has 1 aliphatic rings. The smallest absolute Gasteiger partial charge is 0.115 e. The average molecular weight is 347 g/mol. The SMILES string of the molecule is Cl.Cl.Oc1ccc([C@H](c2cccs2)N2CCNCC2)cc1. The Morgan fingerprint density at radius 2 is 1.71 bits per heavy atom. The molecule has 0 spiro atoms. The van der Waals surface area contributed by atoms with Crippen molar-refractivity contribution in [1.29, 1.82) is 0 Å². The first-order valence-corrected chi connectivity index (χ1v) is 7.49. The molecule has 1 saturated heterocycles. The minimum atomic E-state index is 0. The number of aromatic hydroxyl groups is 1. The lowest BCUT2D eigenvalue weighted by atomic mass is 10.0. The van der Waals surface area contributed by atoms with Crippen LogP contribution in [0.4, 0.5) is 0 Å². The van der Waals surface area contributed by atoms with Gasteiger partial charge in [-0.2, -0.15) is 0 Å². The molecule has 0 saturated carbocycles. The predicted octanol–water partition coefficient (Wildman–Crippen LogP) is 3.29. The Hall–Kier alpha value is -0.780. The number of halogens is 2. The Kier molecular flexibility index (Phi) is 7.49. The van der Waals surface area contributed by atoms with Crippen LogP contribution < -0.4 is 5.32 Å². The number of hydrogen-bond donors (Lipinski definition) is 2. The predicted molar refractivity (Wildman–Crippen MR) is 93.2 cm³/mol. The third-order valence-electron chi connectivity index (χ3n) is 3.54. The number of rotatable bonds is 3. The van der Waals surface area contributed by atoms with Crippen LogP contribution in [-0.2, 0) is 0 Å². The van der Waals surface area contributed by atoms with Gasteiger partial charge in [0.1, 0.15) is 5.75 Å². The third kappa shape index (κ3) is 4.34. The van der Waals surface area contributed by atoms with Crippen molar-refractivity contribution in [2.24, 2.45) is 0 Å². The zero-order valence-electron chi connectivity index (χ0n) is 11.6. The van der Waals surface area contributed by atoms with E-state index in [-0.39, 0.29) is 24.8 Å². The number of thiophene rings is 1.